The van der Waals surface area contributed by atoms with Crippen LogP contribution in [0.2, 0.25) is 0 Å². The minimum absolute atomic E-state index is 0. The van der Waals surface area contributed by atoms with Gasteiger partial charge in [-0.05, 0) is 81.6 Å². The van der Waals surface area contributed by atoms with Crippen molar-refractivity contribution in [3.8, 4) is 0 Å². The van der Waals surface area contributed by atoms with E-state index in [1.807, 2.05) is 25.1 Å². The number of nitrogens with one attached hydrogen (secondary N) is 4. The van der Waals surface area contributed by atoms with Gasteiger partial charge in [-0.1, -0.05) is 18.2 Å². The summed E-state index contributed by atoms with van der Waals surface area (Å²) < 4.78 is 28.4. The lowest BCUT2D eigenvalue weighted by molar-refractivity contribution is 0.262. The lowest BCUT2D eigenvalue weighted by atomic mass is 9.92. The number of piperidine rings is 1. The van der Waals surface area contributed by atoms with Gasteiger partial charge >= 0.3 is 6.03 Å². The van der Waals surface area contributed by atoms with Crippen molar-refractivity contribution < 1.29 is 13.2 Å². The molecule has 1 fully saturated rings. The average Bonchev–Trinajstić information content (AvgIpc) is 2.70. The molecule has 3 rings (SSSR count). The molecule has 0 aromatic heterocycles. The van der Waals surface area contributed by atoms with Crippen LogP contribution in [0.25, 0.3) is 0 Å². The molecule has 2 aromatic carbocycles. The first-order valence-corrected chi connectivity index (χ1v) is 11.3. The molecule has 0 bridgehead atoms. The van der Waals surface area contributed by atoms with Crippen LogP contribution in [0.3, 0.4) is 0 Å². The number of rotatable bonds is 6. The van der Waals surface area contributed by atoms with Crippen molar-refractivity contribution in [2.45, 2.75) is 37.6 Å². The molecule has 1 aliphatic heterocycles. The van der Waals surface area contributed by atoms with E-state index in [0.29, 0.717) is 22.9 Å². The number of aryl methyl sites for hydroxylation is 1. The molecule has 0 saturated carbocycles. The van der Waals surface area contributed by atoms with Crippen molar-refractivity contribution >= 4 is 39.8 Å². The summed E-state index contributed by atoms with van der Waals surface area (Å²) >= 11 is 0. The second-order valence-electron chi connectivity index (χ2n) is 7.42. The maximum absolute atomic E-state index is 12.8. The van der Waals surface area contributed by atoms with E-state index >= 15 is 0 Å². The number of amides is 2. The van der Waals surface area contributed by atoms with Crippen LogP contribution in [0.4, 0.5) is 16.2 Å². The summed E-state index contributed by atoms with van der Waals surface area (Å²) in [6.07, 6.45) is 1.92. The Morgan fingerprint density at radius 1 is 1.07 bits per heavy atom. The number of hydrogen-bond acceptors (Lipinski definition) is 4. The minimum atomic E-state index is -3.62. The van der Waals surface area contributed by atoms with E-state index in [2.05, 4.69) is 20.7 Å². The van der Waals surface area contributed by atoms with Gasteiger partial charge in [-0.2, -0.15) is 0 Å². The second-order valence-corrected chi connectivity index (χ2v) is 9.13. The van der Waals surface area contributed by atoms with E-state index < -0.39 is 10.0 Å². The zero-order chi connectivity index (χ0) is 20.9. The third-order valence-corrected chi connectivity index (χ3v) is 6.78. The molecule has 0 radical (unpaired) electrons. The van der Waals surface area contributed by atoms with E-state index in [9.17, 15) is 13.2 Å². The molecule has 4 N–H and O–H groups in total. The molecule has 2 aromatic rings. The van der Waals surface area contributed by atoms with Crippen molar-refractivity contribution in [3.05, 3.63) is 54.1 Å². The topological polar surface area (TPSA) is 99.3 Å². The smallest absolute Gasteiger partial charge is 0.317 e. The summed E-state index contributed by atoms with van der Waals surface area (Å²) in [5, 5.41) is 8.79. The number of sulfonamides is 1. The van der Waals surface area contributed by atoms with Crippen LogP contribution in [0.15, 0.2) is 53.4 Å². The number of anilines is 2. The molecule has 164 valence electrons. The normalized spacial score (nSPS) is 15.7. The Hall–Kier alpha value is -2.13. The SMILES string of the molecule is Cc1cc(S(=O)(=O)N[C@H](C)C2CCNCC2)ccc1NC(=O)Nc1ccccc1.Cl. The van der Waals surface area contributed by atoms with E-state index in [-0.39, 0.29) is 29.4 Å². The van der Waals surface area contributed by atoms with Gasteiger partial charge in [0.05, 0.1) is 4.90 Å². The van der Waals surface area contributed by atoms with Crippen molar-refractivity contribution in [2.75, 3.05) is 23.7 Å². The highest BCUT2D eigenvalue weighted by Gasteiger charge is 2.25. The first-order chi connectivity index (χ1) is 13.8. The summed E-state index contributed by atoms with van der Waals surface area (Å²) in [4.78, 5) is 12.4. The largest absolute Gasteiger partial charge is 0.323 e. The van der Waals surface area contributed by atoms with Crippen molar-refractivity contribution in [3.63, 3.8) is 0 Å². The van der Waals surface area contributed by atoms with E-state index in [0.717, 1.165) is 25.9 Å². The molecular formula is C21H29ClN4O3S. The molecule has 7 nitrogen and oxygen atoms in total. The number of hydrogen-bond donors (Lipinski definition) is 4. The number of carbonyl (C=O) groups excluding carboxylic acids is 1. The molecule has 2 amide bonds. The van der Waals surface area contributed by atoms with Gasteiger partial charge < -0.3 is 16.0 Å². The predicted molar refractivity (Wildman–Crippen MR) is 123 cm³/mol. The van der Waals surface area contributed by atoms with Crippen LogP contribution in [0, 0.1) is 12.8 Å². The van der Waals surface area contributed by atoms with Crippen LogP contribution in [0.5, 0.6) is 0 Å². The Labute approximate surface area is 184 Å². The number of urea groups is 1. The lowest BCUT2D eigenvalue weighted by Gasteiger charge is -2.28. The summed E-state index contributed by atoms with van der Waals surface area (Å²) in [6, 6.07) is 13.3. The molecule has 1 atom stereocenters. The molecule has 0 aliphatic carbocycles. The van der Waals surface area contributed by atoms with Crippen molar-refractivity contribution in [1.82, 2.24) is 10.0 Å². The molecule has 0 unspecified atom stereocenters. The monoisotopic (exact) mass is 452 g/mol. The third kappa shape index (κ3) is 6.43. The lowest BCUT2D eigenvalue weighted by Crippen LogP contribution is -2.42. The van der Waals surface area contributed by atoms with Gasteiger partial charge in [0.25, 0.3) is 0 Å². The summed E-state index contributed by atoms with van der Waals surface area (Å²) in [5.74, 6) is 0.328. The van der Waals surface area contributed by atoms with E-state index in [1.165, 1.54) is 6.07 Å². The Balaban J connectivity index is 0.00000320. The van der Waals surface area contributed by atoms with Crippen molar-refractivity contribution in [2.24, 2.45) is 5.92 Å². The van der Waals surface area contributed by atoms with Crippen LogP contribution in [-0.2, 0) is 10.0 Å². The Morgan fingerprint density at radius 3 is 2.37 bits per heavy atom. The fourth-order valence-electron chi connectivity index (χ4n) is 3.50. The third-order valence-electron chi connectivity index (χ3n) is 5.22. The first kappa shape index (κ1) is 24.1. The molecule has 0 spiro atoms. The predicted octanol–water partition coefficient (Wildman–Crippen LogP) is 3.73. The van der Waals surface area contributed by atoms with E-state index in [4.69, 9.17) is 0 Å². The number of halogens is 1. The quantitative estimate of drug-likeness (QED) is 0.536. The van der Waals surface area contributed by atoms with Gasteiger partial charge in [0, 0.05) is 17.4 Å². The maximum atomic E-state index is 12.8. The van der Waals surface area contributed by atoms with Gasteiger partial charge in [0.1, 0.15) is 0 Å². The number of para-hydroxylation sites is 1. The van der Waals surface area contributed by atoms with E-state index in [1.54, 1.807) is 31.2 Å². The highest BCUT2D eigenvalue weighted by Crippen LogP contribution is 2.22. The summed E-state index contributed by atoms with van der Waals surface area (Å²) in [6.45, 7) is 5.53. The van der Waals surface area contributed by atoms with Gasteiger partial charge in [-0.3, -0.25) is 0 Å². The second kappa shape index (κ2) is 10.8. The minimum Gasteiger partial charge on any atom is -0.317 e. The van der Waals surface area contributed by atoms with Crippen LogP contribution >= 0.6 is 12.4 Å². The molecular weight excluding hydrogens is 424 g/mol. The fourth-order valence-corrected chi connectivity index (χ4v) is 4.90. The number of carbonyl (C=O) groups is 1. The van der Waals surface area contributed by atoms with Crippen LogP contribution < -0.4 is 20.7 Å². The molecule has 1 heterocycles. The molecule has 30 heavy (non-hydrogen) atoms. The van der Waals surface area contributed by atoms with Crippen molar-refractivity contribution in [1.29, 1.82) is 0 Å². The Morgan fingerprint density at radius 2 is 1.73 bits per heavy atom. The molecule has 1 aliphatic rings. The Bertz CT molecular complexity index is 948. The fraction of sp³-hybridized carbons (Fsp3) is 0.381. The highest BCUT2D eigenvalue weighted by molar-refractivity contribution is 7.89. The van der Waals surface area contributed by atoms with Gasteiger partial charge in [0.2, 0.25) is 10.0 Å². The maximum Gasteiger partial charge on any atom is 0.323 e. The zero-order valence-corrected chi connectivity index (χ0v) is 18.8. The summed E-state index contributed by atoms with van der Waals surface area (Å²) in [7, 11) is -3.62. The molecule has 9 heteroatoms. The first-order valence-electron chi connectivity index (χ1n) is 9.82. The average molecular weight is 453 g/mol. The number of benzene rings is 2. The summed E-state index contributed by atoms with van der Waals surface area (Å²) in [5.41, 5.74) is 1.91. The van der Waals surface area contributed by atoms with Gasteiger partial charge in [0.15, 0.2) is 0 Å². The standard InChI is InChI=1S/C21H28N4O3S.ClH/c1-15-14-19(29(27,28)25-16(2)17-10-12-22-13-11-17)8-9-20(15)24-21(26)23-18-6-4-3-5-7-18;/h3-9,14,16-17,22,25H,10-13H2,1-2H3,(H2,23,24,26);1H/t16-;/m1./s1. The van der Waals surface area contributed by atoms with Crippen LogP contribution in [-0.4, -0.2) is 33.6 Å². The molecule has 1 saturated heterocycles. The van der Waals surface area contributed by atoms with Gasteiger partial charge in [-0.15, -0.1) is 12.4 Å². The van der Waals surface area contributed by atoms with Gasteiger partial charge in [-0.25, -0.2) is 17.9 Å². The zero-order valence-electron chi connectivity index (χ0n) is 17.1. The Kier molecular flexibility index (Phi) is 8.66. The highest BCUT2D eigenvalue weighted by atomic mass is 35.5. The van der Waals surface area contributed by atoms with Crippen LogP contribution in [0.1, 0.15) is 25.3 Å².